The zero-order chi connectivity index (χ0) is 17.9. The number of thiophene rings is 1. The number of urea groups is 1. The normalized spacial score (nSPS) is 12.8. The van der Waals surface area contributed by atoms with Gasteiger partial charge in [-0.05, 0) is 48.6 Å². The number of rotatable bonds is 4. The average Bonchev–Trinajstić information content (AvgIpc) is 2.91. The quantitative estimate of drug-likeness (QED) is 0.823. The lowest BCUT2D eigenvalue weighted by atomic mass is 10.1. The number of aryl methyl sites for hydroxylation is 1. The van der Waals surface area contributed by atoms with Gasteiger partial charge in [-0.3, -0.25) is 0 Å². The number of hydrogen-bond donors (Lipinski definition) is 1. The van der Waals surface area contributed by atoms with Gasteiger partial charge in [0, 0.05) is 11.9 Å². The summed E-state index contributed by atoms with van der Waals surface area (Å²) in [5.74, 6) is 0. The lowest BCUT2D eigenvalue weighted by Crippen LogP contribution is -2.38. The molecule has 7 heteroatoms. The molecule has 0 radical (unpaired) electrons. The van der Waals surface area contributed by atoms with Gasteiger partial charge in [0.15, 0.2) is 0 Å². The van der Waals surface area contributed by atoms with Gasteiger partial charge in [-0.25, -0.2) is 4.79 Å². The van der Waals surface area contributed by atoms with Gasteiger partial charge >= 0.3 is 12.2 Å². The fraction of sp³-hybridized carbons (Fsp3) is 0.353. The largest absolute Gasteiger partial charge is 0.416 e. The maximum absolute atomic E-state index is 12.8. The molecule has 1 unspecified atom stereocenters. The zero-order valence-electron chi connectivity index (χ0n) is 13.6. The SMILES string of the molecule is Cc1ccsc1CN(C)C(=O)NC(C)c1cccc(C(F)(F)F)c1. The lowest BCUT2D eigenvalue weighted by molar-refractivity contribution is -0.137. The van der Waals surface area contributed by atoms with E-state index in [1.54, 1.807) is 31.4 Å². The fourth-order valence-corrected chi connectivity index (χ4v) is 3.17. The predicted octanol–water partition coefficient (Wildman–Crippen LogP) is 4.98. The summed E-state index contributed by atoms with van der Waals surface area (Å²) in [6.07, 6.45) is -4.40. The van der Waals surface area contributed by atoms with Crippen LogP contribution in [0.5, 0.6) is 0 Å². The molecule has 0 fully saturated rings. The summed E-state index contributed by atoms with van der Waals surface area (Å²) in [4.78, 5) is 14.8. The second-order valence-corrected chi connectivity index (χ2v) is 6.68. The summed E-state index contributed by atoms with van der Waals surface area (Å²) in [5, 5.41) is 4.69. The molecule has 0 aliphatic carbocycles. The highest BCUT2D eigenvalue weighted by Gasteiger charge is 2.30. The molecule has 0 spiro atoms. The Morgan fingerprint density at radius 3 is 2.62 bits per heavy atom. The van der Waals surface area contributed by atoms with Crippen LogP contribution in [0.15, 0.2) is 35.7 Å². The van der Waals surface area contributed by atoms with E-state index in [1.165, 1.54) is 11.0 Å². The average molecular weight is 356 g/mol. The van der Waals surface area contributed by atoms with Crippen LogP contribution in [0.25, 0.3) is 0 Å². The highest BCUT2D eigenvalue weighted by molar-refractivity contribution is 7.10. The van der Waals surface area contributed by atoms with Crippen molar-refractivity contribution in [2.45, 2.75) is 32.6 Å². The van der Waals surface area contributed by atoms with Gasteiger partial charge in [0.2, 0.25) is 0 Å². The van der Waals surface area contributed by atoms with Crippen molar-refractivity contribution in [3.05, 3.63) is 57.3 Å². The molecular weight excluding hydrogens is 337 g/mol. The third kappa shape index (κ3) is 4.50. The highest BCUT2D eigenvalue weighted by atomic mass is 32.1. The van der Waals surface area contributed by atoms with E-state index in [1.807, 2.05) is 18.4 Å². The van der Waals surface area contributed by atoms with E-state index in [-0.39, 0.29) is 6.03 Å². The maximum Gasteiger partial charge on any atom is 0.416 e. The number of nitrogens with zero attached hydrogens (tertiary/aromatic N) is 1. The maximum atomic E-state index is 12.8. The van der Waals surface area contributed by atoms with Crippen LogP contribution in [0.4, 0.5) is 18.0 Å². The van der Waals surface area contributed by atoms with Crippen LogP contribution in [0.1, 0.15) is 34.5 Å². The minimum atomic E-state index is -4.40. The molecule has 0 saturated heterocycles. The minimum absolute atomic E-state index is 0.326. The van der Waals surface area contributed by atoms with E-state index < -0.39 is 17.8 Å². The Balaban J connectivity index is 2.02. The summed E-state index contributed by atoms with van der Waals surface area (Å²) in [6.45, 7) is 4.10. The number of halogens is 3. The molecule has 1 heterocycles. The Morgan fingerprint density at radius 1 is 1.33 bits per heavy atom. The van der Waals surface area contributed by atoms with Crippen molar-refractivity contribution in [3.8, 4) is 0 Å². The van der Waals surface area contributed by atoms with E-state index in [2.05, 4.69) is 5.32 Å². The monoisotopic (exact) mass is 356 g/mol. The number of carbonyl (C=O) groups excluding carboxylic acids is 1. The molecule has 3 nitrogen and oxygen atoms in total. The fourth-order valence-electron chi connectivity index (χ4n) is 2.22. The van der Waals surface area contributed by atoms with Gasteiger partial charge in [0.25, 0.3) is 0 Å². The molecule has 2 amide bonds. The summed E-state index contributed by atoms with van der Waals surface area (Å²) >= 11 is 1.57. The molecule has 0 aliphatic rings. The second-order valence-electron chi connectivity index (χ2n) is 5.68. The number of hydrogen-bond acceptors (Lipinski definition) is 2. The Labute approximate surface area is 143 Å². The minimum Gasteiger partial charge on any atom is -0.331 e. The van der Waals surface area contributed by atoms with Gasteiger partial charge in [-0.1, -0.05) is 12.1 Å². The van der Waals surface area contributed by atoms with Crippen molar-refractivity contribution in [1.82, 2.24) is 10.2 Å². The molecule has 1 N–H and O–H groups in total. The first-order valence-electron chi connectivity index (χ1n) is 7.40. The summed E-state index contributed by atoms with van der Waals surface area (Å²) < 4.78 is 38.3. The number of amides is 2. The van der Waals surface area contributed by atoms with Crippen LogP contribution < -0.4 is 5.32 Å². The Hall–Kier alpha value is -2.02. The van der Waals surface area contributed by atoms with Gasteiger partial charge in [-0.2, -0.15) is 13.2 Å². The van der Waals surface area contributed by atoms with Crippen molar-refractivity contribution in [2.24, 2.45) is 0 Å². The Morgan fingerprint density at radius 2 is 2.04 bits per heavy atom. The number of alkyl halides is 3. The molecule has 0 bridgehead atoms. The molecule has 2 rings (SSSR count). The molecule has 0 aliphatic heterocycles. The van der Waals surface area contributed by atoms with Crippen molar-refractivity contribution in [1.29, 1.82) is 0 Å². The smallest absolute Gasteiger partial charge is 0.331 e. The van der Waals surface area contributed by atoms with E-state index >= 15 is 0 Å². The predicted molar refractivity (Wildman–Crippen MR) is 88.9 cm³/mol. The third-order valence-electron chi connectivity index (χ3n) is 3.75. The number of carbonyl (C=O) groups is 1. The topological polar surface area (TPSA) is 32.3 Å². The second kappa shape index (κ2) is 7.25. The summed E-state index contributed by atoms with van der Waals surface area (Å²) in [5.41, 5.74) is 0.813. The van der Waals surface area contributed by atoms with Crippen LogP contribution in [0.3, 0.4) is 0 Å². The lowest BCUT2D eigenvalue weighted by Gasteiger charge is -2.22. The van der Waals surface area contributed by atoms with Crippen molar-refractivity contribution in [3.63, 3.8) is 0 Å². The summed E-state index contributed by atoms with van der Waals surface area (Å²) in [6, 6.07) is 6.14. The first kappa shape index (κ1) is 18.3. The molecular formula is C17H19F3N2OS. The van der Waals surface area contributed by atoms with Crippen LogP contribution >= 0.6 is 11.3 Å². The van der Waals surface area contributed by atoms with Crippen molar-refractivity contribution >= 4 is 17.4 Å². The molecule has 1 atom stereocenters. The van der Waals surface area contributed by atoms with Crippen LogP contribution in [-0.4, -0.2) is 18.0 Å². The van der Waals surface area contributed by atoms with Crippen LogP contribution in [-0.2, 0) is 12.7 Å². The summed E-state index contributed by atoms with van der Waals surface area (Å²) in [7, 11) is 1.66. The van der Waals surface area contributed by atoms with Gasteiger partial charge in [0.05, 0.1) is 18.2 Å². The first-order valence-corrected chi connectivity index (χ1v) is 8.28. The van der Waals surface area contributed by atoms with E-state index in [4.69, 9.17) is 0 Å². The Kier molecular flexibility index (Phi) is 5.54. The van der Waals surface area contributed by atoms with Crippen LogP contribution in [0.2, 0.25) is 0 Å². The zero-order valence-corrected chi connectivity index (χ0v) is 14.5. The molecule has 2 aromatic rings. The molecule has 0 saturated carbocycles. The van der Waals surface area contributed by atoms with E-state index in [9.17, 15) is 18.0 Å². The molecule has 24 heavy (non-hydrogen) atoms. The number of benzene rings is 1. The van der Waals surface area contributed by atoms with Gasteiger partial charge < -0.3 is 10.2 Å². The highest BCUT2D eigenvalue weighted by Crippen LogP contribution is 2.30. The van der Waals surface area contributed by atoms with E-state index in [0.717, 1.165) is 22.6 Å². The van der Waals surface area contributed by atoms with Crippen LogP contribution in [0, 0.1) is 6.92 Å². The third-order valence-corrected chi connectivity index (χ3v) is 4.76. The molecule has 130 valence electrons. The Bertz CT molecular complexity index is 712. The van der Waals surface area contributed by atoms with Gasteiger partial charge in [-0.15, -0.1) is 11.3 Å². The molecule has 1 aromatic carbocycles. The van der Waals surface area contributed by atoms with Gasteiger partial charge in [0.1, 0.15) is 0 Å². The van der Waals surface area contributed by atoms with Crippen molar-refractivity contribution in [2.75, 3.05) is 7.05 Å². The van der Waals surface area contributed by atoms with Crippen molar-refractivity contribution < 1.29 is 18.0 Å². The standard InChI is InChI=1S/C17H19F3N2OS/c1-11-7-8-24-15(11)10-22(3)16(23)21-12(2)13-5-4-6-14(9-13)17(18,19)20/h4-9,12H,10H2,1-3H3,(H,21,23). The number of nitrogens with one attached hydrogen (secondary N) is 1. The first-order chi connectivity index (χ1) is 11.2. The molecule has 1 aromatic heterocycles. The van der Waals surface area contributed by atoms with E-state index in [0.29, 0.717) is 12.1 Å².